The average molecular weight is 104 g/mol. The van der Waals surface area contributed by atoms with Crippen LogP contribution in [0.15, 0.2) is 0 Å². The third-order valence-electron chi connectivity index (χ3n) is 0. The molecule has 0 amide bonds. The second kappa shape index (κ2) is 8.84. The Morgan fingerprint density at radius 3 is 1.50 bits per heavy atom. The van der Waals surface area contributed by atoms with E-state index in [9.17, 15) is 0 Å². The second-order valence-corrected chi connectivity index (χ2v) is 1.79. The maximum Gasteiger partial charge on any atom is 0.0446 e. The quantitative estimate of drug-likeness (QED) is 0.308. The van der Waals surface area contributed by atoms with E-state index < -0.39 is 0 Å². The number of hydrogen-bond donors (Lipinski definition) is 0. The van der Waals surface area contributed by atoms with Crippen molar-refractivity contribution in [3.05, 3.63) is 6.57 Å². The third-order valence-corrected chi connectivity index (χ3v) is 0. The van der Waals surface area contributed by atoms with Gasteiger partial charge >= 0.3 is 0 Å². The van der Waals surface area contributed by atoms with Gasteiger partial charge in [0.2, 0.25) is 0 Å². The minimum absolute atomic E-state index is 1.81. The molecule has 3 heteroatoms. The predicted octanol–water partition coefficient (Wildman–Crippen LogP) is -0.429. The molecule has 0 atom stereocenters. The topological polar surface area (TPSA) is 27.0 Å². The monoisotopic (exact) mass is 104 g/mol. The molecule has 0 saturated heterocycles. The van der Waals surface area contributed by atoms with Gasteiger partial charge in [0.05, 0.1) is 0 Å². The van der Waals surface area contributed by atoms with E-state index in [0.29, 0.717) is 0 Å². The van der Waals surface area contributed by atoms with Gasteiger partial charge in [0, 0.05) is 26.9 Å². The van der Waals surface area contributed by atoms with Crippen LogP contribution in [0.4, 0.5) is 0 Å². The maximum atomic E-state index is 6.25. The van der Waals surface area contributed by atoms with E-state index in [-0.39, 0.29) is 0 Å². The molecule has 0 saturated carbocycles. The molecule has 0 spiro atoms. The van der Waals surface area contributed by atoms with Crippen molar-refractivity contribution in [2.45, 2.75) is 0 Å². The lowest BCUT2D eigenvalue weighted by Gasteiger charge is -1.78. The van der Waals surface area contributed by atoms with Crippen LogP contribution in [0.2, 0.25) is 0 Å². The summed E-state index contributed by atoms with van der Waals surface area (Å²) in [6, 6.07) is 0. The molecule has 36 valence electrons. The van der Waals surface area contributed by atoms with Gasteiger partial charge in [0.25, 0.3) is 0 Å². The molecule has 0 aliphatic rings. The van der Waals surface area contributed by atoms with E-state index in [0.717, 1.165) is 0 Å². The highest BCUT2D eigenvalue weighted by Crippen LogP contribution is 1.51. The van der Waals surface area contributed by atoms with E-state index in [1.54, 1.807) is 4.31 Å². The zero-order valence-corrected chi connectivity index (χ0v) is 4.89. The molecule has 0 aliphatic heterocycles. The molecule has 0 fully saturated rings. The zero-order chi connectivity index (χ0) is 5.58. The third kappa shape index (κ3) is 745. The van der Waals surface area contributed by atoms with Crippen LogP contribution in [0.3, 0.4) is 0 Å². The fourth-order valence-corrected chi connectivity index (χ4v) is 0. The van der Waals surface area contributed by atoms with Crippen molar-refractivity contribution in [2.75, 3.05) is 14.1 Å². The first kappa shape index (κ1) is 9.25. The Morgan fingerprint density at radius 1 is 1.50 bits per heavy atom. The molecule has 0 N–H and O–H groups in total. The van der Waals surface area contributed by atoms with Gasteiger partial charge in [-0.25, -0.2) is 0 Å². The van der Waals surface area contributed by atoms with Gasteiger partial charge in [0.1, 0.15) is 0 Å². The summed E-state index contributed by atoms with van der Waals surface area (Å²) in [6.07, 6.45) is 0. The van der Waals surface area contributed by atoms with Gasteiger partial charge in [-0.2, -0.15) is 0 Å². The zero-order valence-electron chi connectivity index (χ0n) is 3.89. The Morgan fingerprint density at radius 2 is 1.50 bits per heavy atom. The lowest BCUT2D eigenvalue weighted by molar-refractivity contribution is 0.710. The summed E-state index contributed by atoms with van der Waals surface area (Å²) in [5.74, 6) is 0. The average Bonchev–Trinajstić information content (AvgIpc) is 1.41. The SMILES string of the molecule is CN(C)[SH2+].[C-]#N. The summed E-state index contributed by atoms with van der Waals surface area (Å²) in [6.45, 7) is 4.75. The van der Waals surface area contributed by atoms with Gasteiger partial charge in [-0.1, -0.05) is 0 Å². The Kier molecular flexibility index (Phi) is 13.6. The molecule has 0 rings (SSSR count). The maximum absolute atomic E-state index is 6.25. The highest BCUT2D eigenvalue weighted by atomic mass is 32.1. The number of rotatable bonds is 0. The molecule has 0 aromatic heterocycles. The molecule has 0 bridgehead atoms. The first-order chi connectivity index (χ1) is 2.73. The lowest BCUT2D eigenvalue weighted by atomic mass is 11.3. The summed E-state index contributed by atoms with van der Waals surface area (Å²) in [5.41, 5.74) is 0. The smallest absolute Gasteiger partial charge is 0.0446 e. The highest BCUT2D eigenvalue weighted by molar-refractivity contribution is 7.55. The van der Waals surface area contributed by atoms with Gasteiger partial charge in [-0.15, -0.1) is 4.31 Å². The van der Waals surface area contributed by atoms with Crippen molar-refractivity contribution >= 4 is 12.8 Å². The summed E-state index contributed by atoms with van der Waals surface area (Å²) in [4.78, 5) is 0. The van der Waals surface area contributed by atoms with Crippen molar-refractivity contribution in [1.82, 2.24) is 4.31 Å². The molecule has 0 radical (unpaired) electrons. The van der Waals surface area contributed by atoms with Gasteiger partial charge in [-0.05, 0) is 0 Å². The van der Waals surface area contributed by atoms with Crippen molar-refractivity contribution in [3.8, 4) is 0 Å². The first-order valence-electron chi connectivity index (χ1n) is 1.34. The fraction of sp³-hybridized carbons (Fsp3) is 0.667. The first-order valence-corrected chi connectivity index (χ1v) is 1.79. The molecule has 2 nitrogen and oxygen atoms in total. The largest absolute Gasteiger partial charge is 0.512 e. The van der Waals surface area contributed by atoms with Crippen LogP contribution >= 0.6 is 0 Å². The minimum atomic E-state index is 1.81. The van der Waals surface area contributed by atoms with Crippen LogP contribution in [0, 0.1) is 11.8 Å². The standard InChI is InChI=1S/C2H7NS.CN/c1-3(2)4;1-2/h4H,1-2H3;/q;-1/p+1. The Balaban J connectivity index is 0. The van der Waals surface area contributed by atoms with Crippen molar-refractivity contribution in [2.24, 2.45) is 0 Å². The summed E-state index contributed by atoms with van der Waals surface area (Å²) < 4.78 is 1.81. The van der Waals surface area contributed by atoms with E-state index in [1.807, 2.05) is 14.1 Å². The van der Waals surface area contributed by atoms with Crippen LogP contribution in [0.5, 0.6) is 0 Å². The van der Waals surface area contributed by atoms with Crippen molar-refractivity contribution < 1.29 is 0 Å². The van der Waals surface area contributed by atoms with Crippen LogP contribution < -0.4 is 0 Å². The Labute approximate surface area is 43.9 Å². The van der Waals surface area contributed by atoms with Crippen LogP contribution in [0.1, 0.15) is 0 Å². The lowest BCUT2D eigenvalue weighted by Crippen LogP contribution is -1.96. The summed E-state index contributed by atoms with van der Waals surface area (Å²) in [7, 11) is 3.83. The number of hydrogen-bond acceptors (Lipinski definition) is 2. The summed E-state index contributed by atoms with van der Waals surface area (Å²) >= 11 is 3.15. The van der Waals surface area contributed by atoms with Gasteiger partial charge < -0.3 is 11.8 Å². The van der Waals surface area contributed by atoms with E-state index >= 15 is 0 Å². The Bertz CT molecular complexity index is 30.3. The molecule has 0 aromatic carbocycles. The van der Waals surface area contributed by atoms with E-state index in [2.05, 4.69) is 12.8 Å². The van der Waals surface area contributed by atoms with Crippen LogP contribution in [-0.2, 0) is 12.8 Å². The van der Waals surface area contributed by atoms with Crippen molar-refractivity contribution in [1.29, 1.82) is 5.26 Å². The van der Waals surface area contributed by atoms with Gasteiger partial charge in [-0.3, -0.25) is 0 Å². The van der Waals surface area contributed by atoms with Crippen LogP contribution in [0.25, 0.3) is 0 Å². The predicted molar refractivity (Wildman–Crippen MR) is 28.8 cm³/mol. The molecule has 0 unspecified atom stereocenters. The van der Waals surface area contributed by atoms with Crippen molar-refractivity contribution in [3.63, 3.8) is 0 Å². The fourth-order valence-electron chi connectivity index (χ4n) is 0. The molecular formula is C3H8N2S. The summed E-state index contributed by atoms with van der Waals surface area (Å²) in [5, 5.41) is 6.25. The number of nitrogens with zero attached hydrogens (tertiary/aromatic N) is 2. The van der Waals surface area contributed by atoms with Crippen LogP contribution in [-0.4, -0.2) is 18.4 Å². The Hall–Kier alpha value is -0.200. The molecule has 0 heterocycles. The normalized spacial score (nSPS) is 6.33. The highest BCUT2D eigenvalue weighted by Gasteiger charge is 1.69. The molecule has 0 aliphatic carbocycles. The van der Waals surface area contributed by atoms with E-state index in [4.69, 9.17) is 11.8 Å². The van der Waals surface area contributed by atoms with Gasteiger partial charge in [0.15, 0.2) is 0 Å². The molecule has 6 heavy (non-hydrogen) atoms. The second-order valence-electron chi connectivity index (χ2n) is 0.894. The van der Waals surface area contributed by atoms with E-state index in [1.165, 1.54) is 0 Å². The molecule has 0 aromatic rings. The molecular weight excluding hydrogens is 96.1 g/mol. The minimum Gasteiger partial charge on any atom is -0.512 e.